The van der Waals surface area contributed by atoms with Crippen LogP contribution >= 0.6 is 12.2 Å². The number of alkyl halides is 3. The van der Waals surface area contributed by atoms with Crippen LogP contribution in [0, 0.1) is 11.3 Å². The standard InChI is InChI=1S/C14H11F3N4OS/c1-20-12(23)21(11(22)13(20)3-2-4-13)8-5-9(14(15,16)17)10(6-18)19-7-8/h5,7H,2-4H2,1H3. The maximum atomic E-state index is 13.1. The topological polar surface area (TPSA) is 60.2 Å². The third-order valence-electron chi connectivity index (χ3n) is 4.44. The Hall–Kier alpha value is -2.21. The van der Waals surface area contributed by atoms with Gasteiger partial charge in [-0.2, -0.15) is 18.4 Å². The third-order valence-corrected chi connectivity index (χ3v) is 4.90. The molecule has 23 heavy (non-hydrogen) atoms. The van der Waals surface area contributed by atoms with Crippen LogP contribution in [0.3, 0.4) is 0 Å². The van der Waals surface area contributed by atoms with Gasteiger partial charge in [-0.15, -0.1) is 0 Å². The number of hydrogen-bond acceptors (Lipinski definition) is 4. The van der Waals surface area contributed by atoms with E-state index in [1.165, 1.54) is 6.07 Å². The predicted octanol–water partition coefficient (Wildman–Crippen LogP) is 2.46. The number of nitriles is 1. The van der Waals surface area contributed by atoms with Gasteiger partial charge in [-0.25, -0.2) is 4.98 Å². The van der Waals surface area contributed by atoms with Crippen molar-refractivity contribution in [1.82, 2.24) is 9.88 Å². The van der Waals surface area contributed by atoms with Gasteiger partial charge in [0.15, 0.2) is 10.8 Å². The number of nitrogens with zero attached hydrogens (tertiary/aromatic N) is 4. The van der Waals surface area contributed by atoms with Crippen LogP contribution < -0.4 is 4.90 Å². The molecule has 1 saturated heterocycles. The summed E-state index contributed by atoms with van der Waals surface area (Å²) in [5, 5.41) is 8.93. The number of anilines is 1. The molecule has 1 spiro atoms. The summed E-state index contributed by atoms with van der Waals surface area (Å²) in [5.41, 5.74) is -2.72. The molecular formula is C14H11F3N4OS. The second-order valence-electron chi connectivity index (χ2n) is 5.57. The molecule has 1 amide bonds. The molecule has 1 aliphatic carbocycles. The first-order valence-corrected chi connectivity index (χ1v) is 7.23. The van der Waals surface area contributed by atoms with Crippen molar-refractivity contribution in [2.75, 3.05) is 11.9 Å². The molecule has 1 saturated carbocycles. The minimum Gasteiger partial charge on any atom is -0.337 e. The van der Waals surface area contributed by atoms with Gasteiger partial charge < -0.3 is 4.90 Å². The molecule has 0 radical (unpaired) electrons. The monoisotopic (exact) mass is 340 g/mol. The molecule has 120 valence electrons. The predicted molar refractivity (Wildman–Crippen MR) is 78.4 cm³/mol. The molecule has 1 aliphatic heterocycles. The number of amides is 1. The highest BCUT2D eigenvalue weighted by atomic mass is 32.1. The first-order chi connectivity index (χ1) is 10.7. The van der Waals surface area contributed by atoms with Crippen LogP contribution in [-0.2, 0) is 11.0 Å². The number of likely N-dealkylation sites (N-methyl/N-ethyl adjacent to an activating group) is 1. The average molecular weight is 340 g/mol. The lowest BCUT2D eigenvalue weighted by molar-refractivity contribution is -0.138. The van der Waals surface area contributed by atoms with Crippen molar-refractivity contribution in [3.8, 4) is 6.07 Å². The number of carbonyl (C=O) groups is 1. The summed E-state index contributed by atoms with van der Waals surface area (Å²) in [7, 11) is 1.67. The van der Waals surface area contributed by atoms with E-state index in [0.717, 1.165) is 23.6 Å². The SMILES string of the molecule is CN1C(=S)N(c2cnc(C#N)c(C(F)(F)F)c2)C(=O)C12CCC2. The Morgan fingerprint density at radius 3 is 2.52 bits per heavy atom. The molecule has 9 heteroatoms. The number of hydrogen-bond donors (Lipinski definition) is 0. The zero-order chi connectivity index (χ0) is 17.0. The summed E-state index contributed by atoms with van der Waals surface area (Å²) in [4.78, 5) is 18.9. The van der Waals surface area contributed by atoms with E-state index < -0.39 is 23.0 Å². The Balaban J connectivity index is 2.08. The second kappa shape index (κ2) is 4.89. The van der Waals surface area contributed by atoms with Gasteiger partial charge in [0.1, 0.15) is 11.6 Å². The van der Waals surface area contributed by atoms with Gasteiger partial charge >= 0.3 is 6.18 Å². The van der Waals surface area contributed by atoms with E-state index in [4.69, 9.17) is 17.5 Å². The average Bonchev–Trinajstić information content (AvgIpc) is 2.64. The zero-order valence-electron chi connectivity index (χ0n) is 12.0. The van der Waals surface area contributed by atoms with Crippen molar-refractivity contribution < 1.29 is 18.0 Å². The molecule has 1 aromatic rings. The molecule has 3 rings (SSSR count). The number of pyridine rings is 1. The quantitative estimate of drug-likeness (QED) is 0.735. The van der Waals surface area contributed by atoms with Crippen molar-refractivity contribution in [3.05, 3.63) is 23.5 Å². The van der Waals surface area contributed by atoms with Crippen molar-refractivity contribution in [1.29, 1.82) is 5.26 Å². The van der Waals surface area contributed by atoms with Crippen LogP contribution in [0.5, 0.6) is 0 Å². The van der Waals surface area contributed by atoms with Gasteiger partial charge in [-0.05, 0) is 37.5 Å². The van der Waals surface area contributed by atoms with E-state index in [0.29, 0.717) is 12.8 Å². The Kier molecular flexibility index (Phi) is 3.33. The van der Waals surface area contributed by atoms with Crippen molar-refractivity contribution >= 4 is 28.9 Å². The highest BCUT2D eigenvalue weighted by Gasteiger charge is 2.57. The number of carbonyl (C=O) groups excluding carboxylic acids is 1. The number of halogens is 3. The molecule has 2 aliphatic rings. The lowest BCUT2D eigenvalue weighted by atomic mass is 9.76. The molecule has 0 bridgehead atoms. The van der Waals surface area contributed by atoms with E-state index in [1.54, 1.807) is 11.9 Å². The highest BCUT2D eigenvalue weighted by molar-refractivity contribution is 7.80. The summed E-state index contributed by atoms with van der Waals surface area (Å²) < 4.78 is 39.2. The van der Waals surface area contributed by atoms with E-state index in [9.17, 15) is 18.0 Å². The number of rotatable bonds is 1. The summed E-state index contributed by atoms with van der Waals surface area (Å²) in [6.45, 7) is 0. The fourth-order valence-electron chi connectivity index (χ4n) is 2.94. The lowest BCUT2D eigenvalue weighted by Crippen LogP contribution is -2.53. The Morgan fingerprint density at radius 2 is 2.09 bits per heavy atom. The second-order valence-corrected chi connectivity index (χ2v) is 5.93. The Labute approximate surface area is 135 Å². The van der Waals surface area contributed by atoms with Crippen LogP contribution in [0.15, 0.2) is 12.3 Å². The fraction of sp³-hybridized carbons (Fsp3) is 0.429. The van der Waals surface area contributed by atoms with E-state index in [-0.39, 0.29) is 16.7 Å². The van der Waals surface area contributed by atoms with Gasteiger partial charge in [-0.3, -0.25) is 9.69 Å². The van der Waals surface area contributed by atoms with Crippen molar-refractivity contribution in [2.45, 2.75) is 31.0 Å². The smallest absolute Gasteiger partial charge is 0.337 e. The van der Waals surface area contributed by atoms with Crippen molar-refractivity contribution in [3.63, 3.8) is 0 Å². The summed E-state index contributed by atoms with van der Waals surface area (Å²) in [6, 6.07) is 2.16. The molecule has 0 aromatic carbocycles. The fourth-order valence-corrected chi connectivity index (χ4v) is 3.30. The van der Waals surface area contributed by atoms with Crippen LogP contribution in [-0.4, -0.2) is 33.5 Å². The molecular weight excluding hydrogens is 329 g/mol. The highest BCUT2D eigenvalue weighted by Crippen LogP contribution is 2.45. The largest absolute Gasteiger partial charge is 0.419 e. The lowest BCUT2D eigenvalue weighted by Gasteiger charge is -2.41. The molecule has 2 fully saturated rings. The number of thiocarbonyl (C=S) groups is 1. The molecule has 0 N–H and O–H groups in total. The van der Waals surface area contributed by atoms with Gasteiger partial charge in [-0.1, -0.05) is 0 Å². The van der Waals surface area contributed by atoms with E-state index >= 15 is 0 Å². The first-order valence-electron chi connectivity index (χ1n) is 6.82. The normalized spacial score (nSPS) is 20.0. The molecule has 0 unspecified atom stereocenters. The third kappa shape index (κ3) is 2.09. The molecule has 1 aromatic heterocycles. The molecule has 5 nitrogen and oxygen atoms in total. The van der Waals surface area contributed by atoms with Crippen molar-refractivity contribution in [2.24, 2.45) is 0 Å². The van der Waals surface area contributed by atoms with Crippen LogP contribution in [0.25, 0.3) is 0 Å². The van der Waals surface area contributed by atoms with Gasteiger partial charge in [0.25, 0.3) is 5.91 Å². The Bertz CT molecular complexity index is 751. The van der Waals surface area contributed by atoms with Crippen LogP contribution in [0.1, 0.15) is 30.5 Å². The summed E-state index contributed by atoms with van der Waals surface area (Å²) in [6.07, 6.45) is -1.56. The maximum absolute atomic E-state index is 13.1. The number of aromatic nitrogens is 1. The van der Waals surface area contributed by atoms with E-state index in [2.05, 4.69) is 4.98 Å². The summed E-state index contributed by atoms with van der Waals surface area (Å²) in [5.74, 6) is -0.337. The minimum atomic E-state index is -4.74. The molecule has 0 atom stereocenters. The summed E-state index contributed by atoms with van der Waals surface area (Å²) >= 11 is 5.23. The van der Waals surface area contributed by atoms with Gasteiger partial charge in [0.05, 0.1) is 17.4 Å². The maximum Gasteiger partial charge on any atom is 0.419 e. The zero-order valence-corrected chi connectivity index (χ0v) is 12.8. The van der Waals surface area contributed by atoms with Gasteiger partial charge in [0.2, 0.25) is 0 Å². The molecule has 2 heterocycles. The van der Waals surface area contributed by atoms with Crippen LogP contribution in [0.4, 0.5) is 18.9 Å². The minimum absolute atomic E-state index is 0.0676. The van der Waals surface area contributed by atoms with Gasteiger partial charge in [0, 0.05) is 7.05 Å². The Morgan fingerprint density at radius 1 is 1.43 bits per heavy atom. The first kappa shape index (κ1) is 15.7. The van der Waals surface area contributed by atoms with Crippen LogP contribution in [0.2, 0.25) is 0 Å². The van der Waals surface area contributed by atoms with E-state index in [1.807, 2.05) is 0 Å².